The quantitative estimate of drug-likeness (QED) is 0.451. The highest BCUT2D eigenvalue weighted by Crippen LogP contribution is 2.37. The van der Waals surface area contributed by atoms with Gasteiger partial charge in [0.25, 0.3) is 0 Å². The van der Waals surface area contributed by atoms with E-state index >= 15 is 0 Å². The number of thioether (sulfide) groups is 1. The summed E-state index contributed by atoms with van der Waals surface area (Å²) in [6.07, 6.45) is 5.01. The molecule has 0 radical (unpaired) electrons. The van der Waals surface area contributed by atoms with Crippen LogP contribution >= 0.6 is 11.8 Å². The summed E-state index contributed by atoms with van der Waals surface area (Å²) in [4.78, 5) is 21.4. The van der Waals surface area contributed by atoms with Gasteiger partial charge in [0.05, 0.1) is 10.9 Å². The number of nitrogens with one attached hydrogen (secondary N) is 1. The summed E-state index contributed by atoms with van der Waals surface area (Å²) >= 11 is 1.60. The normalized spacial score (nSPS) is 16.3. The third kappa shape index (κ3) is 3.22. The molecule has 5 heteroatoms. The van der Waals surface area contributed by atoms with E-state index in [9.17, 15) is 4.79 Å². The van der Waals surface area contributed by atoms with Gasteiger partial charge in [0.1, 0.15) is 0 Å². The molecular weight excluding hydrogens is 354 g/mol. The lowest BCUT2D eigenvalue weighted by molar-refractivity contribution is 0.0995. The highest BCUT2D eigenvalue weighted by Gasteiger charge is 2.27. The van der Waals surface area contributed by atoms with Crippen LogP contribution in [0.3, 0.4) is 0 Å². The van der Waals surface area contributed by atoms with E-state index in [-0.39, 0.29) is 11.0 Å². The van der Waals surface area contributed by atoms with Crippen LogP contribution in [0.25, 0.3) is 10.9 Å². The fourth-order valence-electron chi connectivity index (χ4n) is 4.28. The lowest BCUT2D eigenvalue weighted by Gasteiger charge is -2.18. The molecule has 0 unspecified atom stereocenters. The van der Waals surface area contributed by atoms with Crippen LogP contribution in [0.4, 0.5) is 0 Å². The number of carbonyl (C=O) groups is 1. The standard InChI is InChI=1S/C22H27N3OS/c1-13-15(3)25(17-9-5-6-10-17)22(24-13)27-16(4)21(26)20-14(2)23-19-12-8-7-11-18(19)20/h7-8,11-12,16-17,23H,5-6,9-10H2,1-4H3/t16-/m1/s1. The first kappa shape index (κ1) is 18.4. The molecule has 3 aromatic rings. The minimum Gasteiger partial charge on any atom is -0.358 e. The van der Waals surface area contributed by atoms with Gasteiger partial charge in [-0.15, -0.1) is 0 Å². The van der Waals surface area contributed by atoms with E-state index in [0.29, 0.717) is 6.04 Å². The molecule has 2 aromatic heterocycles. The van der Waals surface area contributed by atoms with Crippen LogP contribution in [-0.4, -0.2) is 25.6 Å². The number of aromatic nitrogens is 3. The molecule has 1 N–H and O–H groups in total. The number of fused-ring (bicyclic) bond motifs is 1. The Morgan fingerprint density at radius 1 is 1.22 bits per heavy atom. The number of Topliss-reactive ketones (excluding diaryl/α,β-unsaturated/α-hetero) is 1. The zero-order chi connectivity index (χ0) is 19.1. The van der Waals surface area contributed by atoms with Gasteiger partial charge >= 0.3 is 0 Å². The lowest BCUT2D eigenvalue weighted by Crippen LogP contribution is -2.16. The molecular formula is C22H27N3OS. The minimum atomic E-state index is -0.177. The molecule has 27 heavy (non-hydrogen) atoms. The summed E-state index contributed by atoms with van der Waals surface area (Å²) in [5, 5.41) is 1.83. The number of hydrogen-bond donors (Lipinski definition) is 1. The number of nitrogens with zero attached hydrogens (tertiary/aromatic N) is 2. The Balaban J connectivity index is 1.64. The maximum Gasteiger partial charge on any atom is 0.178 e. The SMILES string of the molecule is Cc1nc(S[C@H](C)C(=O)c2c(C)[nH]c3ccccc23)n(C2CCCC2)c1C. The average molecular weight is 382 g/mol. The Kier molecular flexibility index (Phi) is 4.89. The molecule has 1 aliphatic carbocycles. The van der Waals surface area contributed by atoms with Crippen LogP contribution in [0.2, 0.25) is 0 Å². The van der Waals surface area contributed by atoms with Gasteiger partial charge < -0.3 is 9.55 Å². The number of aryl methyl sites for hydroxylation is 2. The average Bonchev–Trinajstić information content (AvgIpc) is 3.33. The van der Waals surface area contributed by atoms with Crippen LogP contribution < -0.4 is 0 Å². The topological polar surface area (TPSA) is 50.7 Å². The van der Waals surface area contributed by atoms with Crippen molar-refractivity contribution in [1.29, 1.82) is 0 Å². The summed E-state index contributed by atoms with van der Waals surface area (Å²) in [7, 11) is 0. The van der Waals surface area contributed by atoms with Crippen molar-refractivity contribution in [2.45, 2.75) is 69.8 Å². The van der Waals surface area contributed by atoms with Gasteiger partial charge in [-0.2, -0.15) is 0 Å². The third-order valence-corrected chi connectivity index (χ3v) is 6.90. The second kappa shape index (κ2) is 7.19. The third-order valence-electron chi connectivity index (χ3n) is 5.84. The summed E-state index contributed by atoms with van der Waals surface area (Å²) in [5.41, 5.74) is 5.10. The van der Waals surface area contributed by atoms with Crippen LogP contribution in [0.5, 0.6) is 0 Å². The Bertz CT molecular complexity index is 995. The summed E-state index contributed by atoms with van der Waals surface area (Å²) < 4.78 is 2.39. The van der Waals surface area contributed by atoms with Crippen molar-refractivity contribution >= 4 is 28.4 Å². The van der Waals surface area contributed by atoms with Crippen LogP contribution in [0, 0.1) is 20.8 Å². The number of rotatable bonds is 5. The van der Waals surface area contributed by atoms with E-state index in [1.165, 1.54) is 31.4 Å². The van der Waals surface area contributed by atoms with Gasteiger partial charge in [-0.25, -0.2) is 4.98 Å². The molecule has 0 saturated heterocycles. The molecule has 1 aliphatic rings. The molecule has 1 aromatic carbocycles. The van der Waals surface area contributed by atoms with Gasteiger partial charge in [-0.1, -0.05) is 42.8 Å². The van der Waals surface area contributed by atoms with Crippen molar-refractivity contribution < 1.29 is 4.79 Å². The summed E-state index contributed by atoms with van der Waals surface area (Å²) in [5.74, 6) is 0.172. The van der Waals surface area contributed by atoms with Gasteiger partial charge in [0.15, 0.2) is 10.9 Å². The summed E-state index contributed by atoms with van der Waals surface area (Å²) in [6.45, 7) is 8.22. The van der Waals surface area contributed by atoms with E-state index in [2.05, 4.69) is 23.4 Å². The first-order valence-corrected chi connectivity index (χ1v) is 10.7. The lowest BCUT2D eigenvalue weighted by atomic mass is 10.1. The van der Waals surface area contributed by atoms with E-state index in [0.717, 1.165) is 33.0 Å². The molecule has 1 saturated carbocycles. The number of para-hydroxylation sites is 1. The van der Waals surface area contributed by atoms with Crippen molar-refractivity contribution in [1.82, 2.24) is 14.5 Å². The second-order valence-electron chi connectivity index (χ2n) is 7.67. The number of hydrogen-bond acceptors (Lipinski definition) is 3. The van der Waals surface area contributed by atoms with Crippen LogP contribution in [0.1, 0.15) is 66.1 Å². The molecule has 0 bridgehead atoms. The van der Waals surface area contributed by atoms with E-state index in [4.69, 9.17) is 4.98 Å². The van der Waals surface area contributed by atoms with E-state index in [1.54, 1.807) is 11.8 Å². The van der Waals surface area contributed by atoms with Gasteiger partial charge in [0.2, 0.25) is 0 Å². The van der Waals surface area contributed by atoms with Crippen LogP contribution in [0.15, 0.2) is 29.4 Å². The Labute approximate surface area is 164 Å². The Hall–Kier alpha value is -2.01. The Morgan fingerprint density at radius 3 is 2.67 bits per heavy atom. The zero-order valence-electron chi connectivity index (χ0n) is 16.5. The molecule has 0 spiro atoms. The first-order chi connectivity index (χ1) is 13.0. The zero-order valence-corrected chi connectivity index (χ0v) is 17.3. The molecule has 1 atom stereocenters. The largest absolute Gasteiger partial charge is 0.358 e. The fraction of sp³-hybridized carbons (Fsp3) is 0.455. The monoisotopic (exact) mass is 381 g/mol. The summed E-state index contributed by atoms with van der Waals surface area (Å²) in [6, 6.07) is 8.57. The first-order valence-electron chi connectivity index (χ1n) is 9.81. The maximum atomic E-state index is 13.3. The second-order valence-corrected chi connectivity index (χ2v) is 8.98. The van der Waals surface area contributed by atoms with Crippen molar-refractivity contribution in [3.8, 4) is 0 Å². The van der Waals surface area contributed by atoms with E-state index in [1.807, 2.05) is 38.1 Å². The molecule has 2 heterocycles. The van der Waals surface area contributed by atoms with Gasteiger partial charge in [-0.3, -0.25) is 4.79 Å². The Morgan fingerprint density at radius 2 is 1.93 bits per heavy atom. The number of carbonyl (C=O) groups excluding carboxylic acids is 1. The van der Waals surface area contributed by atoms with Crippen molar-refractivity contribution in [3.05, 3.63) is 46.9 Å². The maximum absolute atomic E-state index is 13.3. The fourth-order valence-corrected chi connectivity index (χ4v) is 5.41. The molecule has 1 fully saturated rings. The number of aromatic amines is 1. The highest BCUT2D eigenvalue weighted by atomic mass is 32.2. The van der Waals surface area contributed by atoms with Crippen molar-refractivity contribution in [2.24, 2.45) is 0 Å². The molecule has 4 rings (SSSR count). The molecule has 4 nitrogen and oxygen atoms in total. The van der Waals surface area contributed by atoms with Crippen molar-refractivity contribution in [3.63, 3.8) is 0 Å². The molecule has 0 aliphatic heterocycles. The predicted octanol–water partition coefficient (Wildman–Crippen LogP) is 5.77. The van der Waals surface area contributed by atoms with Crippen LogP contribution in [-0.2, 0) is 0 Å². The number of H-pyrrole nitrogens is 1. The number of benzene rings is 1. The highest BCUT2D eigenvalue weighted by molar-refractivity contribution is 8.00. The molecule has 142 valence electrons. The predicted molar refractivity (Wildman–Crippen MR) is 112 cm³/mol. The smallest absolute Gasteiger partial charge is 0.178 e. The van der Waals surface area contributed by atoms with Gasteiger partial charge in [-0.05, 0) is 46.6 Å². The van der Waals surface area contributed by atoms with Crippen molar-refractivity contribution in [2.75, 3.05) is 0 Å². The number of imidazole rings is 1. The van der Waals surface area contributed by atoms with E-state index < -0.39 is 0 Å². The van der Waals surface area contributed by atoms with Gasteiger partial charge in [0, 0.05) is 33.9 Å². The minimum absolute atomic E-state index is 0.172. The number of ketones is 1. The molecule has 0 amide bonds.